The number of piperazine rings is 1. The van der Waals surface area contributed by atoms with E-state index in [1.54, 1.807) is 0 Å². The summed E-state index contributed by atoms with van der Waals surface area (Å²) < 4.78 is 5.46. The van der Waals surface area contributed by atoms with Gasteiger partial charge in [0.25, 0.3) is 0 Å². The number of ether oxygens (including phenoxy) is 1. The Bertz CT molecular complexity index is 456. The van der Waals surface area contributed by atoms with Gasteiger partial charge in [-0.05, 0) is 19.3 Å². The van der Waals surface area contributed by atoms with Gasteiger partial charge in [0.15, 0.2) is 0 Å². The quantitative estimate of drug-likeness (QED) is 0.841. The summed E-state index contributed by atoms with van der Waals surface area (Å²) >= 11 is 0. The number of aromatic nitrogens is 3. The van der Waals surface area contributed by atoms with Crippen LogP contribution in [0.2, 0.25) is 0 Å². The maximum Gasteiger partial charge on any atom is 0.323 e. The maximum atomic E-state index is 5.74. The number of nitrogens with two attached hydrogens (primary N) is 1. The molecule has 0 radical (unpaired) electrons. The lowest BCUT2D eigenvalue weighted by Gasteiger charge is -2.34. The number of nitrogen functional groups attached to an aromatic ring is 1. The maximum absolute atomic E-state index is 5.74. The fraction of sp³-hybridized carbons (Fsp3) is 0.769. The highest BCUT2D eigenvalue weighted by atomic mass is 16.5. The number of hydrogen-bond donors (Lipinski definition) is 1. The zero-order valence-corrected chi connectivity index (χ0v) is 12.0. The molecule has 2 fully saturated rings. The molecule has 7 heteroatoms. The standard InChI is InChI=1S/C13H22N6O/c1-2-9-20-13-16-11(14)15-12(17-13)19-7-5-18(6-8-19)10-3-4-10/h10H,2-9H2,1H3,(H2,14,15,16,17). The van der Waals surface area contributed by atoms with E-state index < -0.39 is 0 Å². The summed E-state index contributed by atoms with van der Waals surface area (Å²) in [6.07, 6.45) is 3.63. The van der Waals surface area contributed by atoms with Gasteiger partial charge < -0.3 is 15.4 Å². The third-order valence-electron chi connectivity index (χ3n) is 3.72. The van der Waals surface area contributed by atoms with Crippen molar-refractivity contribution in [1.29, 1.82) is 0 Å². The summed E-state index contributed by atoms with van der Waals surface area (Å²) in [4.78, 5) is 17.3. The van der Waals surface area contributed by atoms with Crippen LogP contribution in [0.3, 0.4) is 0 Å². The summed E-state index contributed by atoms with van der Waals surface area (Å²) in [5.74, 6) is 0.866. The Kier molecular flexibility index (Phi) is 3.86. The van der Waals surface area contributed by atoms with Gasteiger partial charge in [0.1, 0.15) is 0 Å². The Morgan fingerprint density at radius 1 is 1.15 bits per heavy atom. The Hall–Kier alpha value is -1.63. The second-order valence-corrected chi connectivity index (χ2v) is 5.38. The smallest absolute Gasteiger partial charge is 0.323 e. The first-order valence-corrected chi connectivity index (χ1v) is 7.39. The van der Waals surface area contributed by atoms with Gasteiger partial charge >= 0.3 is 6.01 Å². The van der Waals surface area contributed by atoms with Crippen LogP contribution in [-0.2, 0) is 0 Å². The van der Waals surface area contributed by atoms with Crippen LogP contribution in [0.25, 0.3) is 0 Å². The topological polar surface area (TPSA) is 80.4 Å². The molecule has 0 bridgehead atoms. The first-order chi connectivity index (χ1) is 9.76. The Balaban J connectivity index is 1.65. The van der Waals surface area contributed by atoms with Gasteiger partial charge in [-0.15, -0.1) is 0 Å². The number of nitrogens with zero attached hydrogens (tertiary/aromatic N) is 5. The molecule has 0 unspecified atom stereocenters. The highest BCUT2D eigenvalue weighted by molar-refractivity contribution is 5.36. The molecule has 0 amide bonds. The Labute approximate surface area is 119 Å². The predicted octanol–water partition coefficient (Wildman–Crippen LogP) is 0.527. The van der Waals surface area contributed by atoms with Crippen molar-refractivity contribution in [2.75, 3.05) is 43.4 Å². The molecule has 20 heavy (non-hydrogen) atoms. The summed E-state index contributed by atoms with van der Waals surface area (Å²) in [5, 5.41) is 0. The van der Waals surface area contributed by atoms with E-state index in [1.807, 2.05) is 6.92 Å². The largest absolute Gasteiger partial charge is 0.463 e. The highest BCUT2D eigenvalue weighted by Crippen LogP contribution is 2.28. The molecule has 0 atom stereocenters. The molecule has 110 valence electrons. The lowest BCUT2D eigenvalue weighted by atomic mass is 10.3. The van der Waals surface area contributed by atoms with Crippen molar-refractivity contribution in [3.63, 3.8) is 0 Å². The molecule has 2 N–H and O–H groups in total. The molecule has 1 aromatic rings. The molecule has 0 spiro atoms. The van der Waals surface area contributed by atoms with Crippen LogP contribution >= 0.6 is 0 Å². The minimum atomic E-state index is 0.228. The van der Waals surface area contributed by atoms with E-state index in [2.05, 4.69) is 24.8 Å². The molecular weight excluding hydrogens is 256 g/mol. The lowest BCUT2D eigenvalue weighted by Crippen LogP contribution is -2.47. The molecule has 0 aromatic carbocycles. The van der Waals surface area contributed by atoms with Crippen molar-refractivity contribution < 1.29 is 4.74 Å². The average molecular weight is 278 g/mol. The van der Waals surface area contributed by atoms with Crippen molar-refractivity contribution in [2.45, 2.75) is 32.2 Å². The fourth-order valence-electron chi connectivity index (χ4n) is 2.49. The van der Waals surface area contributed by atoms with Crippen LogP contribution in [0.1, 0.15) is 26.2 Å². The fourth-order valence-corrected chi connectivity index (χ4v) is 2.49. The molecule has 1 aliphatic heterocycles. The van der Waals surface area contributed by atoms with E-state index in [1.165, 1.54) is 12.8 Å². The second kappa shape index (κ2) is 5.78. The van der Waals surface area contributed by atoms with Crippen LogP contribution in [0.15, 0.2) is 0 Å². The van der Waals surface area contributed by atoms with Crippen molar-refractivity contribution in [2.24, 2.45) is 0 Å². The average Bonchev–Trinajstić information content (AvgIpc) is 3.29. The summed E-state index contributed by atoms with van der Waals surface area (Å²) in [6, 6.07) is 1.16. The summed E-state index contributed by atoms with van der Waals surface area (Å²) in [6.45, 7) is 6.66. The minimum absolute atomic E-state index is 0.228. The van der Waals surface area contributed by atoms with Gasteiger partial charge in [0.05, 0.1) is 6.61 Å². The van der Waals surface area contributed by atoms with E-state index in [9.17, 15) is 0 Å². The predicted molar refractivity (Wildman–Crippen MR) is 76.8 cm³/mol. The normalized spacial score (nSPS) is 20.1. The van der Waals surface area contributed by atoms with Crippen LogP contribution < -0.4 is 15.4 Å². The molecule has 1 saturated heterocycles. The van der Waals surface area contributed by atoms with Gasteiger partial charge in [-0.1, -0.05) is 6.92 Å². The molecule has 3 rings (SSSR count). The van der Waals surface area contributed by atoms with Gasteiger partial charge in [0, 0.05) is 32.2 Å². The molecular formula is C13H22N6O. The highest BCUT2D eigenvalue weighted by Gasteiger charge is 2.31. The number of hydrogen-bond acceptors (Lipinski definition) is 7. The molecule has 7 nitrogen and oxygen atoms in total. The number of rotatable bonds is 5. The van der Waals surface area contributed by atoms with E-state index in [4.69, 9.17) is 10.5 Å². The lowest BCUT2D eigenvalue weighted by molar-refractivity contribution is 0.246. The number of anilines is 2. The van der Waals surface area contributed by atoms with Gasteiger partial charge in [-0.2, -0.15) is 15.0 Å². The minimum Gasteiger partial charge on any atom is -0.463 e. The molecule has 1 saturated carbocycles. The van der Waals surface area contributed by atoms with E-state index in [-0.39, 0.29) is 5.95 Å². The SMILES string of the molecule is CCCOc1nc(N)nc(N2CCN(C3CC3)CC2)n1. The van der Waals surface area contributed by atoms with Gasteiger partial charge in [-0.25, -0.2) is 0 Å². The molecule has 2 heterocycles. The molecule has 1 aliphatic carbocycles. The summed E-state index contributed by atoms with van der Waals surface area (Å²) in [7, 11) is 0. The van der Waals surface area contributed by atoms with Crippen molar-refractivity contribution in [1.82, 2.24) is 19.9 Å². The monoisotopic (exact) mass is 278 g/mol. The van der Waals surface area contributed by atoms with Gasteiger partial charge in [0.2, 0.25) is 11.9 Å². The van der Waals surface area contributed by atoms with Crippen molar-refractivity contribution in [3.05, 3.63) is 0 Å². The van der Waals surface area contributed by atoms with Crippen LogP contribution in [0.5, 0.6) is 6.01 Å². The van der Waals surface area contributed by atoms with Crippen LogP contribution in [-0.4, -0.2) is 58.7 Å². The van der Waals surface area contributed by atoms with Gasteiger partial charge in [-0.3, -0.25) is 4.90 Å². The third kappa shape index (κ3) is 3.09. The van der Waals surface area contributed by atoms with Crippen LogP contribution in [0.4, 0.5) is 11.9 Å². The van der Waals surface area contributed by atoms with Crippen LogP contribution in [0, 0.1) is 0 Å². The molecule has 1 aromatic heterocycles. The van der Waals surface area contributed by atoms with E-state index in [0.717, 1.165) is 38.6 Å². The third-order valence-corrected chi connectivity index (χ3v) is 3.72. The first-order valence-electron chi connectivity index (χ1n) is 7.39. The second-order valence-electron chi connectivity index (χ2n) is 5.38. The Morgan fingerprint density at radius 2 is 1.90 bits per heavy atom. The summed E-state index contributed by atoms with van der Waals surface area (Å²) in [5.41, 5.74) is 5.74. The zero-order chi connectivity index (χ0) is 13.9. The van der Waals surface area contributed by atoms with Crippen molar-refractivity contribution in [3.8, 4) is 6.01 Å². The van der Waals surface area contributed by atoms with E-state index in [0.29, 0.717) is 18.6 Å². The first kappa shape index (κ1) is 13.4. The Morgan fingerprint density at radius 3 is 2.55 bits per heavy atom. The zero-order valence-electron chi connectivity index (χ0n) is 12.0. The van der Waals surface area contributed by atoms with E-state index >= 15 is 0 Å². The van der Waals surface area contributed by atoms with Crippen molar-refractivity contribution >= 4 is 11.9 Å². The molecule has 2 aliphatic rings.